The van der Waals surface area contributed by atoms with Crippen molar-refractivity contribution in [3.63, 3.8) is 0 Å². The molecule has 0 amide bonds. The van der Waals surface area contributed by atoms with E-state index >= 15 is 0 Å². The molecule has 110 valence electrons. The molecule has 0 spiro atoms. The highest BCUT2D eigenvalue weighted by molar-refractivity contribution is 7.89. The van der Waals surface area contributed by atoms with Crippen molar-refractivity contribution in [1.29, 1.82) is 0 Å². The number of piperazine rings is 1. The standard InChI is InChI=1S/C13H18N2O4S/c1-14-5-7-15(8-6-14)20(18,19)12-4-2-3-11(9-12)10-13(16)17/h2-4,9H,5-8,10H2,1H3,(H,16,17). The fraction of sp³-hybridized carbons (Fsp3) is 0.462. The molecule has 1 saturated heterocycles. The number of carboxylic acid groups (broad SMARTS) is 1. The molecule has 20 heavy (non-hydrogen) atoms. The van der Waals surface area contributed by atoms with Crippen LogP contribution in [0.3, 0.4) is 0 Å². The highest BCUT2D eigenvalue weighted by Gasteiger charge is 2.27. The molecule has 0 radical (unpaired) electrons. The van der Waals surface area contributed by atoms with Crippen LogP contribution in [0.1, 0.15) is 5.56 Å². The molecule has 0 bridgehead atoms. The summed E-state index contributed by atoms with van der Waals surface area (Å²) in [6, 6.07) is 6.17. The third kappa shape index (κ3) is 3.36. The maximum Gasteiger partial charge on any atom is 0.307 e. The zero-order valence-electron chi connectivity index (χ0n) is 11.3. The van der Waals surface area contributed by atoms with E-state index in [1.54, 1.807) is 12.1 Å². The van der Waals surface area contributed by atoms with Crippen LogP contribution in [0.25, 0.3) is 0 Å². The molecule has 1 heterocycles. The molecular formula is C13H18N2O4S. The summed E-state index contributed by atoms with van der Waals surface area (Å²) in [5.74, 6) is -0.973. The van der Waals surface area contributed by atoms with E-state index in [0.717, 1.165) is 0 Å². The van der Waals surface area contributed by atoms with Crippen molar-refractivity contribution in [2.75, 3.05) is 33.2 Å². The Morgan fingerprint density at radius 2 is 1.90 bits per heavy atom. The van der Waals surface area contributed by atoms with Gasteiger partial charge < -0.3 is 10.0 Å². The van der Waals surface area contributed by atoms with Gasteiger partial charge in [0.15, 0.2) is 0 Å². The monoisotopic (exact) mass is 298 g/mol. The van der Waals surface area contributed by atoms with E-state index in [1.807, 2.05) is 7.05 Å². The lowest BCUT2D eigenvalue weighted by atomic mass is 10.2. The summed E-state index contributed by atoms with van der Waals surface area (Å²) in [5.41, 5.74) is 0.493. The number of hydrogen-bond donors (Lipinski definition) is 1. The minimum atomic E-state index is -3.53. The minimum Gasteiger partial charge on any atom is -0.481 e. The SMILES string of the molecule is CN1CCN(S(=O)(=O)c2cccc(CC(=O)O)c2)CC1. The average molecular weight is 298 g/mol. The Morgan fingerprint density at radius 1 is 1.25 bits per heavy atom. The van der Waals surface area contributed by atoms with Crippen LogP contribution >= 0.6 is 0 Å². The highest BCUT2D eigenvalue weighted by atomic mass is 32.2. The molecular weight excluding hydrogens is 280 g/mol. The van der Waals surface area contributed by atoms with E-state index in [2.05, 4.69) is 4.90 Å². The molecule has 1 N–H and O–H groups in total. The van der Waals surface area contributed by atoms with E-state index < -0.39 is 16.0 Å². The highest BCUT2D eigenvalue weighted by Crippen LogP contribution is 2.18. The molecule has 0 atom stereocenters. The first-order valence-corrected chi connectivity index (χ1v) is 7.83. The van der Waals surface area contributed by atoms with Crippen LogP contribution in [-0.2, 0) is 21.2 Å². The molecule has 1 fully saturated rings. The Kier molecular flexibility index (Phi) is 4.42. The number of likely N-dealkylation sites (N-methyl/N-ethyl adjacent to an activating group) is 1. The molecule has 0 aromatic heterocycles. The van der Waals surface area contributed by atoms with E-state index in [0.29, 0.717) is 31.7 Å². The second-order valence-corrected chi connectivity index (χ2v) is 6.86. The van der Waals surface area contributed by atoms with Gasteiger partial charge in [-0.15, -0.1) is 0 Å². The van der Waals surface area contributed by atoms with Gasteiger partial charge in [-0.25, -0.2) is 8.42 Å². The van der Waals surface area contributed by atoms with Gasteiger partial charge in [-0.2, -0.15) is 4.31 Å². The predicted molar refractivity (Wildman–Crippen MR) is 74.0 cm³/mol. The van der Waals surface area contributed by atoms with Crippen LogP contribution in [0, 0.1) is 0 Å². The number of benzene rings is 1. The Hall–Kier alpha value is -1.44. The van der Waals surface area contributed by atoms with Crippen molar-refractivity contribution < 1.29 is 18.3 Å². The molecule has 1 aromatic carbocycles. The summed E-state index contributed by atoms with van der Waals surface area (Å²) >= 11 is 0. The van der Waals surface area contributed by atoms with Crippen LogP contribution in [0.2, 0.25) is 0 Å². The Morgan fingerprint density at radius 3 is 2.50 bits per heavy atom. The molecule has 0 aliphatic carbocycles. The number of carboxylic acids is 1. The van der Waals surface area contributed by atoms with Gasteiger partial charge >= 0.3 is 5.97 Å². The number of rotatable bonds is 4. The van der Waals surface area contributed by atoms with Crippen molar-refractivity contribution in [2.24, 2.45) is 0 Å². The summed E-state index contributed by atoms with van der Waals surface area (Å²) in [5, 5.41) is 8.77. The first-order chi connectivity index (χ1) is 9.39. The Bertz CT molecular complexity index is 592. The van der Waals surface area contributed by atoms with Crippen molar-refractivity contribution >= 4 is 16.0 Å². The maximum atomic E-state index is 12.5. The second-order valence-electron chi connectivity index (χ2n) is 4.93. The van der Waals surface area contributed by atoms with Crippen LogP contribution < -0.4 is 0 Å². The number of sulfonamides is 1. The third-order valence-electron chi connectivity index (χ3n) is 3.35. The number of aliphatic carboxylic acids is 1. The largest absolute Gasteiger partial charge is 0.481 e. The van der Waals surface area contributed by atoms with E-state index in [1.165, 1.54) is 16.4 Å². The Balaban J connectivity index is 2.23. The average Bonchev–Trinajstić information content (AvgIpc) is 2.39. The Labute approximate surface area is 118 Å². The summed E-state index contributed by atoms with van der Waals surface area (Å²) in [4.78, 5) is 12.9. The predicted octanol–water partition coefficient (Wildman–Crippen LogP) is 0.250. The normalized spacial score (nSPS) is 18.1. The van der Waals surface area contributed by atoms with Crippen molar-refractivity contribution in [3.05, 3.63) is 29.8 Å². The third-order valence-corrected chi connectivity index (χ3v) is 5.25. The van der Waals surface area contributed by atoms with Crippen molar-refractivity contribution in [1.82, 2.24) is 9.21 Å². The molecule has 6 nitrogen and oxygen atoms in total. The summed E-state index contributed by atoms with van der Waals surface area (Å²) in [6.45, 7) is 2.33. The molecule has 0 saturated carbocycles. The van der Waals surface area contributed by atoms with E-state index in [4.69, 9.17) is 5.11 Å². The molecule has 1 aromatic rings. The topological polar surface area (TPSA) is 77.9 Å². The van der Waals surface area contributed by atoms with Crippen LogP contribution in [0.15, 0.2) is 29.2 Å². The fourth-order valence-electron chi connectivity index (χ4n) is 2.17. The first-order valence-electron chi connectivity index (χ1n) is 6.39. The first kappa shape index (κ1) is 15.0. The van der Waals surface area contributed by atoms with Crippen molar-refractivity contribution in [2.45, 2.75) is 11.3 Å². The van der Waals surface area contributed by atoms with Gasteiger partial charge in [0.25, 0.3) is 0 Å². The van der Waals surface area contributed by atoms with Gasteiger partial charge in [-0.1, -0.05) is 12.1 Å². The lowest BCUT2D eigenvalue weighted by Crippen LogP contribution is -2.47. The van der Waals surface area contributed by atoms with Gasteiger partial charge in [0.1, 0.15) is 0 Å². The van der Waals surface area contributed by atoms with Crippen LogP contribution in [-0.4, -0.2) is 61.9 Å². The molecule has 2 rings (SSSR count). The van der Waals surface area contributed by atoms with E-state index in [-0.39, 0.29) is 11.3 Å². The molecule has 7 heteroatoms. The molecule has 1 aliphatic rings. The smallest absolute Gasteiger partial charge is 0.307 e. The van der Waals surface area contributed by atoms with Crippen LogP contribution in [0.4, 0.5) is 0 Å². The van der Waals surface area contributed by atoms with E-state index in [9.17, 15) is 13.2 Å². The fourth-order valence-corrected chi connectivity index (χ4v) is 3.66. The second kappa shape index (κ2) is 5.90. The lowest BCUT2D eigenvalue weighted by Gasteiger charge is -2.31. The lowest BCUT2D eigenvalue weighted by molar-refractivity contribution is -0.136. The zero-order chi connectivity index (χ0) is 14.8. The summed E-state index contributed by atoms with van der Waals surface area (Å²) in [6.07, 6.45) is -0.175. The van der Waals surface area contributed by atoms with Gasteiger partial charge in [0.2, 0.25) is 10.0 Å². The van der Waals surface area contributed by atoms with Gasteiger partial charge in [-0.05, 0) is 24.7 Å². The quantitative estimate of drug-likeness (QED) is 0.862. The minimum absolute atomic E-state index is 0.167. The summed E-state index contributed by atoms with van der Waals surface area (Å²) in [7, 11) is -1.57. The van der Waals surface area contributed by atoms with Gasteiger partial charge in [-0.3, -0.25) is 4.79 Å². The van der Waals surface area contributed by atoms with Gasteiger partial charge in [0.05, 0.1) is 11.3 Å². The number of carbonyl (C=O) groups is 1. The number of hydrogen-bond acceptors (Lipinski definition) is 4. The molecule has 1 aliphatic heterocycles. The van der Waals surface area contributed by atoms with Gasteiger partial charge in [0, 0.05) is 26.2 Å². The molecule has 0 unspecified atom stereocenters. The zero-order valence-corrected chi connectivity index (χ0v) is 12.1. The number of nitrogens with zero attached hydrogens (tertiary/aromatic N) is 2. The summed E-state index contributed by atoms with van der Waals surface area (Å²) < 4.78 is 26.4. The maximum absolute atomic E-state index is 12.5. The van der Waals surface area contributed by atoms with Crippen LogP contribution in [0.5, 0.6) is 0 Å². The van der Waals surface area contributed by atoms with Crippen molar-refractivity contribution in [3.8, 4) is 0 Å².